The maximum atomic E-state index is 14.4. The molecule has 0 radical (unpaired) electrons. The molecule has 13 heteroatoms. The van der Waals surface area contributed by atoms with Gasteiger partial charge in [-0.1, -0.05) is 53.5 Å². The lowest BCUT2D eigenvalue weighted by Gasteiger charge is -2.29. The molecule has 0 fully saturated rings. The van der Waals surface area contributed by atoms with Crippen LogP contribution in [0.1, 0.15) is 27.0 Å². The van der Waals surface area contributed by atoms with E-state index in [0.29, 0.717) is 29.2 Å². The van der Waals surface area contributed by atoms with Crippen molar-refractivity contribution in [1.29, 1.82) is 0 Å². The van der Waals surface area contributed by atoms with Gasteiger partial charge in [0.2, 0.25) is 5.60 Å². The van der Waals surface area contributed by atoms with E-state index in [-0.39, 0.29) is 29.4 Å². The zero-order valence-corrected chi connectivity index (χ0v) is 19.7. The van der Waals surface area contributed by atoms with Crippen LogP contribution in [0.5, 0.6) is 0 Å². The molecule has 0 saturated heterocycles. The Labute approximate surface area is 214 Å². The summed E-state index contributed by atoms with van der Waals surface area (Å²) in [5, 5.41) is 1.39. The highest BCUT2D eigenvalue weighted by Gasteiger charge is 2.60. The molecule has 2 N–H and O–H groups in total. The molecule has 194 valence electrons. The predicted octanol–water partition coefficient (Wildman–Crippen LogP) is 6.43. The largest absolute Gasteiger partial charge is 0.428 e. The van der Waals surface area contributed by atoms with Gasteiger partial charge in [-0.25, -0.2) is 0 Å². The molecule has 1 aliphatic heterocycles. The summed E-state index contributed by atoms with van der Waals surface area (Å²) in [6.45, 7) is -0.243. The smallest absolute Gasteiger partial charge is 0.345 e. The number of alkyl halides is 6. The summed E-state index contributed by atoms with van der Waals surface area (Å²) in [6, 6.07) is 9.87. The summed E-state index contributed by atoms with van der Waals surface area (Å²) in [6.07, 6.45) is -9.23. The number of aldehydes is 1. The number of carbonyl (C=O) groups excluding carboxylic acids is 2. The van der Waals surface area contributed by atoms with Crippen LogP contribution < -0.4 is 10.8 Å². The predicted molar refractivity (Wildman–Crippen MR) is 124 cm³/mol. The van der Waals surface area contributed by atoms with Crippen molar-refractivity contribution in [1.82, 2.24) is 10.8 Å². The summed E-state index contributed by atoms with van der Waals surface area (Å²) in [7, 11) is 0. The van der Waals surface area contributed by atoms with Crippen molar-refractivity contribution in [2.45, 2.75) is 18.0 Å². The standard InChI is InChI=1S/C24H14Cl2F6N2O3/c25-18-10-12(9-17(20(18)26)23(27,28)29)22(24(30,31)32)11-19(34-37-22)15-5-6-16(21(36)33-7-8-35)14-4-2-1-3-13(14)15/h1-6,8-11,34H,7H2,(H,33,36). The van der Waals surface area contributed by atoms with E-state index < -0.39 is 45.0 Å². The van der Waals surface area contributed by atoms with Gasteiger partial charge in [-0.05, 0) is 35.0 Å². The molecule has 4 rings (SSSR count). The van der Waals surface area contributed by atoms with Crippen LogP contribution in [0.4, 0.5) is 26.3 Å². The Kier molecular flexibility index (Phi) is 6.91. The molecule has 3 aromatic carbocycles. The fourth-order valence-electron chi connectivity index (χ4n) is 3.95. The van der Waals surface area contributed by atoms with Crippen molar-refractivity contribution in [2.24, 2.45) is 0 Å². The van der Waals surface area contributed by atoms with Crippen LogP contribution in [-0.2, 0) is 21.4 Å². The lowest BCUT2D eigenvalue weighted by Crippen LogP contribution is -2.42. The summed E-state index contributed by atoms with van der Waals surface area (Å²) in [4.78, 5) is 28.0. The molecule has 1 heterocycles. The maximum absolute atomic E-state index is 14.4. The van der Waals surface area contributed by atoms with Gasteiger partial charge in [-0.15, -0.1) is 0 Å². The zero-order chi connectivity index (χ0) is 27.2. The molecule has 0 saturated carbocycles. The van der Waals surface area contributed by atoms with Gasteiger partial charge in [0.05, 0.1) is 27.9 Å². The van der Waals surface area contributed by atoms with E-state index in [1.807, 2.05) is 0 Å². The van der Waals surface area contributed by atoms with E-state index in [4.69, 9.17) is 28.0 Å². The van der Waals surface area contributed by atoms with Crippen molar-refractivity contribution < 1.29 is 40.8 Å². The minimum absolute atomic E-state index is 0.155. The molecular formula is C24H14Cl2F6N2O3. The Hall–Kier alpha value is -3.28. The fraction of sp³-hybridized carbons (Fsp3) is 0.167. The number of amides is 1. The first-order chi connectivity index (χ1) is 17.3. The van der Waals surface area contributed by atoms with Gasteiger partial charge in [0.25, 0.3) is 5.91 Å². The highest BCUT2D eigenvalue weighted by Crippen LogP contribution is 2.50. The first kappa shape index (κ1) is 26.8. The third-order valence-electron chi connectivity index (χ3n) is 5.66. The topological polar surface area (TPSA) is 67.4 Å². The molecule has 1 aliphatic rings. The summed E-state index contributed by atoms with van der Waals surface area (Å²) in [5.41, 5.74) is -3.57. The summed E-state index contributed by atoms with van der Waals surface area (Å²) < 4.78 is 83.6. The third kappa shape index (κ3) is 4.74. The summed E-state index contributed by atoms with van der Waals surface area (Å²) in [5.74, 6) is -0.584. The zero-order valence-electron chi connectivity index (χ0n) is 18.2. The van der Waals surface area contributed by atoms with Crippen LogP contribution in [-0.4, -0.2) is 24.9 Å². The molecule has 0 spiro atoms. The average molecular weight is 563 g/mol. The number of hydrogen-bond donors (Lipinski definition) is 2. The van der Waals surface area contributed by atoms with E-state index >= 15 is 0 Å². The second kappa shape index (κ2) is 9.55. The van der Waals surface area contributed by atoms with E-state index in [2.05, 4.69) is 10.8 Å². The number of halogens is 8. The van der Waals surface area contributed by atoms with Crippen LogP contribution in [0.2, 0.25) is 10.0 Å². The molecule has 0 aliphatic carbocycles. The van der Waals surface area contributed by atoms with Gasteiger partial charge in [0.15, 0.2) is 0 Å². The lowest BCUT2D eigenvalue weighted by molar-refractivity contribution is -0.269. The van der Waals surface area contributed by atoms with Gasteiger partial charge in [-0.2, -0.15) is 26.3 Å². The average Bonchev–Trinajstić information content (AvgIpc) is 3.29. The molecule has 37 heavy (non-hydrogen) atoms. The Morgan fingerprint density at radius 1 is 1.03 bits per heavy atom. The van der Waals surface area contributed by atoms with Gasteiger partial charge in [-0.3, -0.25) is 15.1 Å². The Morgan fingerprint density at radius 3 is 2.32 bits per heavy atom. The second-order valence-corrected chi connectivity index (χ2v) is 8.68. The number of hydrogen-bond acceptors (Lipinski definition) is 4. The van der Waals surface area contributed by atoms with Crippen LogP contribution in [0.25, 0.3) is 16.5 Å². The van der Waals surface area contributed by atoms with Crippen molar-refractivity contribution in [2.75, 3.05) is 6.54 Å². The first-order valence-electron chi connectivity index (χ1n) is 10.3. The van der Waals surface area contributed by atoms with Crippen molar-refractivity contribution in [3.8, 4) is 0 Å². The molecule has 0 aromatic heterocycles. The Morgan fingerprint density at radius 2 is 1.70 bits per heavy atom. The Bertz CT molecular complexity index is 1440. The van der Waals surface area contributed by atoms with Crippen molar-refractivity contribution >= 4 is 51.9 Å². The second-order valence-electron chi connectivity index (χ2n) is 7.90. The van der Waals surface area contributed by atoms with Gasteiger partial charge >= 0.3 is 12.4 Å². The Balaban J connectivity index is 1.90. The highest BCUT2D eigenvalue weighted by atomic mass is 35.5. The highest BCUT2D eigenvalue weighted by molar-refractivity contribution is 6.42. The van der Waals surface area contributed by atoms with Gasteiger partial charge in [0.1, 0.15) is 6.29 Å². The SMILES string of the molecule is O=CCNC(=O)c1ccc(C2=CC(c3cc(Cl)c(Cl)c(C(F)(F)F)c3)(C(F)(F)F)ON2)c2ccccc12. The first-order valence-corrected chi connectivity index (χ1v) is 11.1. The molecule has 3 aromatic rings. The minimum Gasteiger partial charge on any atom is -0.345 e. The van der Waals surface area contributed by atoms with E-state index in [0.717, 1.165) is 0 Å². The normalized spacial score (nSPS) is 17.9. The quantitative estimate of drug-likeness (QED) is 0.278. The van der Waals surface area contributed by atoms with Crippen LogP contribution >= 0.6 is 23.2 Å². The van der Waals surface area contributed by atoms with E-state index in [1.54, 1.807) is 18.2 Å². The van der Waals surface area contributed by atoms with Crippen LogP contribution in [0.15, 0.2) is 54.6 Å². The van der Waals surface area contributed by atoms with Crippen molar-refractivity contribution in [3.05, 3.63) is 86.9 Å². The van der Waals surface area contributed by atoms with Crippen molar-refractivity contribution in [3.63, 3.8) is 0 Å². The third-order valence-corrected chi connectivity index (χ3v) is 6.46. The number of nitrogens with one attached hydrogen (secondary N) is 2. The molecule has 1 unspecified atom stereocenters. The molecule has 5 nitrogen and oxygen atoms in total. The van der Waals surface area contributed by atoms with Gasteiger partial charge in [0, 0.05) is 16.7 Å². The van der Waals surface area contributed by atoms with E-state index in [9.17, 15) is 35.9 Å². The molecule has 1 amide bonds. The number of hydroxylamine groups is 1. The number of benzene rings is 3. The van der Waals surface area contributed by atoms with E-state index in [1.165, 1.54) is 18.2 Å². The molecular weight excluding hydrogens is 549 g/mol. The number of rotatable bonds is 5. The van der Waals surface area contributed by atoms with Crippen LogP contribution in [0.3, 0.4) is 0 Å². The fourth-order valence-corrected chi connectivity index (χ4v) is 4.38. The maximum Gasteiger partial charge on any atom is 0.428 e. The molecule has 1 atom stereocenters. The monoisotopic (exact) mass is 562 g/mol. The number of fused-ring (bicyclic) bond motifs is 1. The number of carbonyl (C=O) groups is 2. The lowest BCUT2D eigenvalue weighted by atomic mass is 9.89. The molecule has 0 bridgehead atoms. The van der Waals surface area contributed by atoms with Crippen LogP contribution in [0, 0.1) is 0 Å². The minimum atomic E-state index is -5.23. The van der Waals surface area contributed by atoms with Gasteiger partial charge < -0.3 is 10.1 Å². The summed E-state index contributed by atoms with van der Waals surface area (Å²) >= 11 is 11.4.